The molecule has 0 fully saturated rings. The minimum Gasteiger partial charge on any atom is -0.463 e. The van der Waals surface area contributed by atoms with Gasteiger partial charge in [-0.15, -0.1) is 0 Å². The van der Waals surface area contributed by atoms with Gasteiger partial charge in [-0.3, -0.25) is 4.79 Å². The third-order valence-electron chi connectivity index (χ3n) is 1.23. The molecular weight excluding hydrogens is 208 g/mol. The number of carbonyl (C=O) groups excluding carboxylic acids is 1. The maximum Gasteiger partial charge on any atom is 0.293 e. The molecule has 0 amide bonds. The van der Waals surface area contributed by atoms with Gasteiger partial charge in [-0.05, 0) is 17.7 Å². The Morgan fingerprint density at radius 3 is 2.55 bits per heavy atom. The quantitative estimate of drug-likeness (QED) is 0.722. The van der Waals surface area contributed by atoms with E-state index in [1.165, 1.54) is 0 Å². The van der Waals surface area contributed by atoms with Crippen LogP contribution in [0.3, 0.4) is 0 Å². The zero-order valence-corrected chi connectivity index (χ0v) is 7.37. The van der Waals surface area contributed by atoms with Gasteiger partial charge in [0.05, 0.1) is 0 Å². The van der Waals surface area contributed by atoms with Crippen molar-refractivity contribution in [1.29, 1.82) is 0 Å². The van der Waals surface area contributed by atoms with Crippen molar-refractivity contribution in [2.45, 2.75) is 6.61 Å². The molecule has 0 aliphatic heterocycles. The van der Waals surface area contributed by atoms with Crippen LogP contribution in [-0.2, 0) is 16.1 Å². The average Bonchev–Trinajstić information content (AvgIpc) is 2.04. The van der Waals surface area contributed by atoms with E-state index in [2.05, 4.69) is 20.7 Å². The Hall–Kier alpha value is -0.830. The van der Waals surface area contributed by atoms with Crippen LogP contribution >= 0.6 is 15.9 Å². The van der Waals surface area contributed by atoms with E-state index >= 15 is 0 Å². The zero-order chi connectivity index (χ0) is 8.10. The number of hydrogen-bond acceptors (Lipinski definition) is 2. The fourth-order valence-corrected chi connectivity index (χ4v) is 0.975. The zero-order valence-electron chi connectivity index (χ0n) is 5.79. The Labute approximate surface area is 73.3 Å². The van der Waals surface area contributed by atoms with Crippen molar-refractivity contribution in [3.63, 3.8) is 0 Å². The van der Waals surface area contributed by atoms with E-state index in [1.807, 2.05) is 24.3 Å². The van der Waals surface area contributed by atoms with Crippen LogP contribution < -0.4 is 0 Å². The van der Waals surface area contributed by atoms with Gasteiger partial charge in [0, 0.05) is 4.47 Å². The minimum absolute atomic E-state index is 0.344. The molecule has 0 saturated heterocycles. The van der Waals surface area contributed by atoms with Crippen molar-refractivity contribution < 1.29 is 9.53 Å². The summed E-state index contributed by atoms with van der Waals surface area (Å²) in [5, 5.41) is 0. The second kappa shape index (κ2) is 4.13. The Kier molecular flexibility index (Phi) is 3.11. The number of hydrogen-bond donors (Lipinski definition) is 0. The Morgan fingerprint density at radius 2 is 2.00 bits per heavy atom. The van der Waals surface area contributed by atoms with Gasteiger partial charge in [-0.2, -0.15) is 0 Å². The molecule has 0 atom stereocenters. The summed E-state index contributed by atoms with van der Waals surface area (Å²) < 4.78 is 5.58. The van der Waals surface area contributed by atoms with Gasteiger partial charge in [0.15, 0.2) is 0 Å². The first kappa shape index (κ1) is 8.27. The van der Waals surface area contributed by atoms with Gasteiger partial charge >= 0.3 is 0 Å². The van der Waals surface area contributed by atoms with Crippen molar-refractivity contribution >= 4 is 22.4 Å². The summed E-state index contributed by atoms with van der Waals surface area (Å²) in [4.78, 5) is 9.81. The fourth-order valence-electron chi connectivity index (χ4n) is 0.711. The van der Waals surface area contributed by atoms with E-state index in [0.717, 1.165) is 10.0 Å². The fraction of sp³-hybridized carbons (Fsp3) is 0.125. The van der Waals surface area contributed by atoms with Crippen molar-refractivity contribution in [3.8, 4) is 0 Å². The van der Waals surface area contributed by atoms with Crippen molar-refractivity contribution in [3.05, 3.63) is 34.3 Å². The maximum absolute atomic E-state index is 9.81. The first-order chi connectivity index (χ1) is 5.33. The molecule has 0 heterocycles. The third-order valence-corrected chi connectivity index (χ3v) is 1.76. The molecule has 1 aromatic rings. The van der Waals surface area contributed by atoms with Crippen molar-refractivity contribution in [2.75, 3.05) is 0 Å². The molecule has 11 heavy (non-hydrogen) atoms. The SMILES string of the molecule is O=COCc1ccc(Br)cc1. The molecule has 2 nitrogen and oxygen atoms in total. The monoisotopic (exact) mass is 214 g/mol. The highest BCUT2D eigenvalue weighted by molar-refractivity contribution is 9.10. The summed E-state index contributed by atoms with van der Waals surface area (Å²) >= 11 is 3.30. The van der Waals surface area contributed by atoms with Crippen LogP contribution in [0.25, 0.3) is 0 Å². The Bertz CT molecular complexity index is 230. The second-order valence-electron chi connectivity index (χ2n) is 2.03. The van der Waals surface area contributed by atoms with Crippen LogP contribution in [0.1, 0.15) is 5.56 Å². The van der Waals surface area contributed by atoms with Crippen LogP contribution in [0, 0.1) is 0 Å². The summed E-state index contributed by atoms with van der Waals surface area (Å²) in [7, 11) is 0. The van der Waals surface area contributed by atoms with Gasteiger partial charge < -0.3 is 4.74 Å². The van der Waals surface area contributed by atoms with Crippen molar-refractivity contribution in [1.82, 2.24) is 0 Å². The number of halogens is 1. The largest absolute Gasteiger partial charge is 0.463 e. The standard InChI is InChI=1S/C8H7BrO2/c9-8-3-1-7(2-4-8)5-11-6-10/h1-4,6H,5H2. The van der Waals surface area contributed by atoms with Crippen LogP contribution in [0.4, 0.5) is 0 Å². The predicted octanol–water partition coefficient (Wildman–Crippen LogP) is 2.12. The van der Waals surface area contributed by atoms with E-state index in [4.69, 9.17) is 0 Å². The molecule has 0 saturated carbocycles. The number of benzene rings is 1. The Morgan fingerprint density at radius 1 is 1.36 bits per heavy atom. The molecule has 0 unspecified atom stereocenters. The second-order valence-corrected chi connectivity index (χ2v) is 2.95. The summed E-state index contributed by atoms with van der Waals surface area (Å²) in [6, 6.07) is 7.61. The van der Waals surface area contributed by atoms with E-state index in [1.54, 1.807) is 0 Å². The molecule has 0 aliphatic carbocycles. The van der Waals surface area contributed by atoms with Gasteiger partial charge in [0.1, 0.15) is 6.61 Å². The molecule has 1 aromatic carbocycles. The topological polar surface area (TPSA) is 26.3 Å². The molecule has 3 heteroatoms. The van der Waals surface area contributed by atoms with Gasteiger partial charge in [0.2, 0.25) is 0 Å². The average molecular weight is 215 g/mol. The maximum atomic E-state index is 9.81. The molecular formula is C8H7BrO2. The lowest BCUT2D eigenvalue weighted by Gasteiger charge is -1.97. The van der Waals surface area contributed by atoms with Gasteiger partial charge in [0.25, 0.3) is 6.47 Å². The highest BCUT2D eigenvalue weighted by Gasteiger charge is 1.90. The highest BCUT2D eigenvalue weighted by atomic mass is 79.9. The molecule has 58 valence electrons. The lowest BCUT2D eigenvalue weighted by atomic mass is 10.2. The molecule has 0 N–H and O–H groups in total. The minimum atomic E-state index is 0.344. The van der Waals surface area contributed by atoms with Gasteiger partial charge in [-0.1, -0.05) is 28.1 Å². The lowest BCUT2D eigenvalue weighted by Crippen LogP contribution is -1.88. The predicted molar refractivity (Wildman–Crippen MR) is 45.0 cm³/mol. The smallest absolute Gasteiger partial charge is 0.293 e. The summed E-state index contributed by atoms with van der Waals surface area (Å²) in [6.45, 7) is 0.791. The molecule has 0 aliphatic rings. The lowest BCUT2D eigenvalue weighted by molar-refractivity contribution is -0.129. The third kappa shape index (κ3) is 2.72. The molecule has 1 rings (SSSR count). The van der Waals surface area contributed by atoms with E-state index < -0.39 is 0 Å². The Balaban J connectivity index is 2.58. The van der Waals surface area contributed by atoms with Crippen molar-refractivity contribution in [2.24, 2.45) is 0 Å². The molecule has 0 spiro atoms. The number of rotatable bonds is 3. The van der Waals surface area contributed by atoms with Crippen LogP contribution in [-0.4, -0.2) is 6.47 Å². The number of carbonyl (C=O) groups is 1. The summed E-state index contributed by atoms with van der Waals surface area (Å²) in [6.07, 6.45) is 0. The molecule has 0 radical (unpaired) electrons. The number of ether oxygens (including phenoxy) is 1. The van der Waals surface area contributed by atoms with E-state index in [9.17, 15) is 4.79 Å². The van der Waals surface area contributed by atoms with Gasteiger partial charge in [-0.25, -0.2) is 0 Å². The highest BCUT2D eigenvalue weighted by Crippen LogP contribution is 2.10. The van der Waals surface area contributed by atoms with E-state index in [-0.39, 0.29) is 0 Å². The van der Waals surface area contributed by atoms with Crippen LogP contribution in [0.2, 0.25) is 0 Å². The first-order valence-corrected chi connectivity index (χ1v) is 3.92. The first-order valence-electron chi connectivity index (χ1n) is 3.12. The summed E-state index contributed by atoms with van der Waals surface area (Å²) in [5.41, 5.74) is 0.986. The van der Waals surface area contributed by atoms with Crippen LogP contribution in [0.15, 0.2) is 28.7 Å². The summed E-state index contributed by atoms with van der Waals surface area (Å²) in [5.74, 6) is 0. The molecule has 0 aromatic heterocycles. The normalized spacial score (nSPS) is 9.18. The van der Waals surface area contributed by atoms with Crippen LogP contribution in [0.5, 0.6) is 0 Å². The van der Waals surface area contributed by atoms with E-state index in [0.29, 0.717) is 13.1 Å². The molecule has 0 bridgehead atoms.